The highest BCUT2D eigenvalue weighted by molar-refractivity contribution is 5.73. The van der Waals surface area contributed by atoms with Crippen LogP contribution in [0.1, 0.15) is 25.7 Å². The Morgan fingerprint density at radius 1 is 1.14 bits per heavy atom. The molecular formula is C8H14FNO4. The van der Waals surface area contributed by atoms with Crippen molar-refractivity contribution in [2.75, 3.05) is 0 Å². The zero-order chi connectivity index (χ0) is 11.1. The molecule has 0 aromatic carbocycles. The van der Waals surface area contributed by atoms with Crippen molar-refractivity contribution < 1.29 is 24.2 Å². The van der Waals surface area contributed by atoms with E-state index in [1.54, 1.807) is 0 Å². The highest BCUT2D eigenvalue weighted by Gasteiger charge is 2.15. The standard InChI is InChI=1S/C8H14FNO4/c9-5(7(11)12)3-1-2-4-6(10)8(13)14/h5-6H,1-4,10H2,(H,11,12)(H,13,14)/i9-1. The van der Waals surface area contributed by atoms with Crippen LogP contribution < -0.4 is 5.73 Å². The molecule has 0 bridgehead atoms. The molecule has 82 valence electrons. The highest BCUT2D eigenvalue weighted by atomic mass is 18.2. The lowest BCUT2D eigenvalue weighted by Crippen LogP contribution is -2.29. The van der Waals surface area contributed by atoms with Gasteiger partial charge in [-0.3, -0.25) is 4.79 Å². The van der Waals surface area contributed by atoms with Gasteiger partial charge in [0, 0.05) is 0 Å². The summed E-state index contributed by atoms with van der Waals surface area (Å²) < 4.78 is 12.5. The lowest BCUT2D eigenvalue weighted by Gasteiger charge is -2.06. The van der Waals surface area contributed by atoms with Crippen LogP contribution in [-0.4, -0.2) is 34.4 Å². The molecule has 0 heterocycles. The monoisotopic (exact) mass is 206 g/mol. The molecule has 0 aromatic heterocycles. The van der Waals surface area contributed by atoms with E-state index >= 15 is 0 Å². The SMILES string of the molecule is NC(CCCCC([18F])C(=O)O)C(=O)O. The molecule has 0 saturated carbocycles. The van der Waals surface area contributed by atoms with Crippen molar-refractivity contribution in [1.82, 2.24) is 0 Å². The summed E-state index contributed by atoms with van der Waals surface area (Å²) in [6, 6.07) is -0.946. The summed E-state index contributed by atoms with van der Waals surface area (Å²) in [7, 11) is 0. The van der Waals surface area contributed by atoms with Crippen LogP contribution in [0.2, 0.25) is 0 Å². The fourth-order valence-electron chi connectivity index (χ4n) is 0.935. The quantitative estimate of drug-likeness (QED) is 0.523. The van der Waals surface area contributed by atoms with Crippen molar-refractivity contribution >= 4 is 11.9 Å². The zero-order valence-electron chi connectivity index (χ0n) is 7.65. The van der Waals surface area contributed by atoms with Gasteiger partial charge in [-0.25, -0.2) is 9.18 Å². The van der Waals surface area contributed by atoms with E-state index in [0.717, 1.165) is 0 Å². The van der Waals surface area contributed by atoms with Gasteiger partial charge in [0.25, 0.3) is 0 Å². The number of carboxylic acids is 2. The van der Waals surface area contributed by atoms with Crippen LogP contribution >= 0.6 is 0 Å². The maximum atomic E-state index is 12.5. The number of rotatable bonds is 7. The fourth-order valence-corrected chi connectivity index (χ4v) is 0.935. The molecule has 2 atom stereocenters. The van der Waals surface area contributed by atoms with Gasteiger partial charge in [-0.05, 0) is 19.3 Å². The van der Waals surface area contributed by atoms with Gasteiger partial charge in [0.05, 0.1) is 0 Å². The summed E-state index contributed by atoms with van der Waals surface area (Å²) in [4.78, 5) is 20.3. The first kappa shape index (κ1) is 12.8. The van der Waals surface area contributed by atoms with Crippen molar-refractivity contribution in [3.05, 3.63) is 0 Å². The van der Waals surface area contributed by atoms with Crippen molar-refractivity contribution in [2.45, 2.75) is 37.9 Å². The molecule has 0 spiro atoms. The lowest BCUT2D eigenvalue weighted by atomic mass is 10.1. The number of nitrogens with two attached hydrogens (primary N) is 1. The van der Waals surface area contributed by atoms with Gasteiger partial charge in [0.2, 0.25) is 0 Å². The zero-order valence-corrected chi connectivity index (χ0v) is 7.65. The van der Waals surface area contributed by atoms with Crippen molar-refractivity contribution in [2.24, 2.45) is 5.73 Å². The number of alkyl halides is 1. The van der Waals surface area contributed by atoms with E-state index in [-0.39, 0.29) is 12.8 Å². The summed E-state index contributed by atoms with van der Waals surface area (Å²) >= 11 is 0. The van der Waals surface area contributed by atoms with E-state index in [1.165, 1.54) is 0 Å². The number of hydrogen-bond acceptors (Lipinski definition) is 3. The molecule has 5 nitrogen and oxygen atoms in total. The fraction of sp³-hybridized carbons (Fsp3) is 0.750. The van der Waals surface area contributed by atoms with Gasteiger partial charge >= 0.3 is 11.9 Å². The molecule has 0 aliphatic heterocycles. The Bertz CT molecular complexity index is 188. The van der Waals surface area contributed by atoms with Crippen LogP contribution in [0.3, 0.4) is 0 Å². The van der Waals surface area contributed by atoms with Crippen molar-refractivity contribution in [3.8, 4) is 0 Å². The number of carboxylic acid groups (broad SMARTS) is 2. The summed E-state index contributed by atoms with van der Waals surface area (Å²) in [6.45, 7) is 0. The van der Waals surface area contributed by atoms with Gasteiger partial charge in [-0.2, -0.15) is 0 Å². The predicted octanol–water partition coefficient (Wildman–Crippen LogP) is 0.381. The smallest absolute Gasteiger partial charge is 0.338 e. The number of halogens is 1. The minimum Gasteiger partial charge on any atom is -0.480 e. The van der Waals surface area contributed by atoms with Gasteiger partial charge in [-0.1, -0.05) is 6.42 Å². The lowest BCUT2D eigenvalue weighted by molar-refractivity contribution is -0.143. The third-order valence-corrected chi connectivity index (χ3v) is 1.81. The van der Waals surface area contributed by atoms with E-state index in [9.17, 15) is 14.0 Å². The third kappa shape index (κ3) is 5.47. The maximum Gasteiger partial charge on any atom is 0.338 e. The van der Waals surface area contributed by atoms with E-state index in [2.05, 4.69) is 0 Å². The molecule has 0 aliphatic carbocycles. The molecule has 4 N–H and O–H groups in total. The Labute approximate surface area is 80.7 Å². The largest absolute Gasteiger partial charge is 0.480 e. The van der Waals surface area contributed by atoms with Gasteiger partial charge in [0.15, 0.2) is 6.17 Å². The molecule has 0 aliphatic rings. The minimum atomic E-state index is -1.86. The minimum absolute atomic E-state index is 0.0956. The Hall–Kier alpha value is -1.17. The molecule has 6 heteroatoms. The third-order valence-electron chi connectivity index (χ3n) is 1.81. The summed E-state index contributed by atoms with van der Waals surface area (Å²) in [5, 5.41) is 16.6. The van der Waals surface area contributed by atoms with Gasteiger partial charge < -0.3 is 15.9 Å². The van der Waals surface area contributed by atoms with Crippen molar-refractivity contribution in [1.29, 1.82) is 0 Å². The first-order chi connectivity index (χ1) is 6.45. The van der Waals surface area contributed by atoms with Gasteiger partial charge in [0.1, 0.15) is 6.04 Å². The first-order valence-corrected chi connectivity index (χ1v) is 4.30. The normalized spacial score (nSPS) is 14.7. The summed E-state index contributed by atoms with van der Waals surface area (Å²) in [6.07, 6.45) is -0.977. The summed E-state index contributed by atoms with van der Waals surface area (Å²) in [5.74, 6) is -2.58. The number of aliphatic carboxylic acids is 2. The average molecular weight is 206 g/mol. The first-order valence-electron chi connectivity index (χ1n) is 4.30. The second-order valence-corrected chi connectivity index (χ2v) is 3.03. The molecule has 2 unspecified atom stereocenters. The Morgan fingerprint density at radius 3 is 2.07 bits per heavy atom. The maximum absolute atomic E-state index is 12.5. The van der Waals surface area contributed by atoms with Crippen molar-refractivity contribution in [3.63, 3.8) is 0 Å². The van der Waals surface area contributed by atoms with Crippen LogP contribution in [-0.2, 0) is 9.59 Å². The van der Waals surface area contributed by atoms with E-state index in [0.29, 0.717) is 12.8 Å². The topological polar surface area (TPSA) is 101 Å². The number of unbranched alkanes of at least 4 members (excludes halogenated alkanes) is 1. The summed E-state index contributed by atoms with van der Waals surface area (Å²) in [5.41, 5.74) is 5.18. The second-order valence-electron chi connectivity index (χ2n) is 3.03. The molecule has 0 fully saturated rings. The van der Waals surface area contributed by atoms with E-state index < -0.39 is 24.2 Å². The van der Waals surface area contributed by atoms with Crippen LogP contribution in [0.15, 0.2) is 0 Å². The Balaban J connectivity index is 3.47. The highest BCUT2D eigenvalue weighted by Crippen LogP contribution is 2.08. The molecular weight excluding hydrogens is 192 g/mol. The molecule has 0 amide bonds. The van der Waals surface area contributed by atoms with Crippen LogP contribution in [0, 0.1) is 0 Å². The average Bonchev–Trinajstić information content (AvgIpc) is 2.11. The Kier molecular flexibility index (Phi) is 5.78. The van der Waals surface area contributed by atoms with E-state index in [1.807, 2.05) is 0 Å². The predicted molar refractivity (Wildman–Crippen MR) is 46.6 cm³/mol. The molecule has 0 aromatic rings. The van der Waals surface area contributed by atoms with E-state index in [4.69, 9.17) is 15.9 Å². The second kappa shape index (κ2) is 6.31. The number of hydrogen-bond donors (Lipinski definition) is 3. The van der Waals surface area contributed by atoms with Gasteiger partial charge in [-0.15, -0.1) is 0 Å². The van der Waals surface area contributed by atoms with Crippen LogP contribution in [0.5, 0.6) is 0 Å². The molecule has 14 heavy (non-hydrogen) atoms. The van der Waals surface area contributed by atoms with Crippen LogP contribution in [0.4, 0.5) is 4.39 Å². The molecule has 0 radical (unpaired) electrons. The molecule has 0 saturated heterocycles. The molecule has 0 rings (SSSR count). The number of carbonyl (C=O) groups is 2. The van der Waals surface area contributed by atoms with Crippen LogP contribution in [0.25, 0.3) is 0 Å². The Morgan fingerprint density at radius 2 is 1.64 bits per heavy atom.